The minimum Gasteiger partial charge on any atom is -0.394 e. The molecule has 18 N–H and O–H groups in total. The molecule has 2 aliphatic heterocycles. The third-order valence-electron chi connectivity index (χ3n) is 7.37. The van der Waals surface area contributed by atoms with Gasteiger partial charge in [-0.05, 0) is 32.2 Å². The van der Waals surface area contributed by atoms with E-state index in [0.717, 1.165) is 0 Å². The Balaban J connectivity index is 0.00000119. The predicted molar refractivity (Wildman–Crippen MR) is 145 cm³/mol. The summed E-state index contributed by atoms with van der Waals surface area (Å²) in [5, 5.41) is 54.4. The van der Waals surface area contributed by atoms with Crippen molar-refractivity contribution in [1.29, 1.82) is 0 Å². The van der Waals surface area contributed by atoms with Crippen LogP contribution in [0, 0.1) is 0 Å². The first kappa shape index (κ1) is 38.0. The molecule has 254 valence electrons. The van der Waals surface area contributed by atoms with Crippen molar-refractivity contribution in [3.05, 3.63) is 0 Å². The van der Waals surface area contributed by atoms with E-state index in [0.29, 0.717) is 12.8 Å². The third-order valence-corrected chi connectivity index (χ3v) is 7.37. The van der Waals surface area contributed by atoms with Crippen LogP contribution >= 0.6 is 0 Å². The molecule has 14 atom stereocenters. The molecule has 3 fully saturated rings. The zero-order valence-electron chi connectivity index (χ0n) is 23.3. The average molecular weight is 651 g/mol. The van der Waals surface area contributed by atoms with Crippen molar-refractivity contribution in [2.24, 2.45) is 28.7 Å². The molecule has 3 rings (SSSR count). The number of carbonyl (C=O) groups excluding carboxylic acids is 1. The van der Waals surface area contributed by atoms with Crippen molar-refractivity contribution in [2.75, 3.05) is 19.7 Å². The van der Waals surface area contributed by atoms with Crippen molar-refractivity contribution in [2.45, 2.75) is 111 Å². The first-order valence-corrected chi connectivity index (χ1v) is 15.0. The van der Waals surface area contributed by atoms with Gasteiger partial charge in [0.05, 0.1) is 30.8 Å². The zero-order chi connectivity index (χ0) is 32.6. The highest BCUT2D eigenvalue weighted by atomic mass is 32.3. The van der Waals surface area contributed by atoms with Crippen LogP contribution in [0.1, 0.15) is 25.7 Å². The van der Waals surface area contributed by atoms with Crippen LogP contribution in [0.3, 0.4) is 0 Å². The van der Waals surface area contributed by atoms with Crippen molar-refractivity contribution in [3.63, 3.8) is 0 Å². The molecular weight excluding hydrogens is 604 g/mol. The van der Waals surface area contributed by atoms with Gasteiger partial charge in [0.2, 0.25) is 5.91 Å². The Labute approximate surface area is 248 Å². The van der Waals surface area contributed by atoms with Gasteiger partial charge >= 0.3 is 10.4 Å². The summed E-state index contributed by atoms with van der Waals surface area (Å²) >= 11 is 0. The number of carbonyl (C=O) groups is 1. The first-order chi connectivity index (χ1) is 20.0. The van der Waals surface area contributed by atoms with E-state index in [1.165, 1.54) is 0 Å². The molecule has 1 saturated carbocycles. The van der Waals surface area contributed by atoms with Gasteiger partial charge in [-0.3, -0.25) is 13.9 Å². The highest BCUT2D eigenvalue weighted by Crippen LogP contribution is 2.31. The molecule has 0 radical (unpaired) electrons. The fraction of sp³-hybridized carbons (Fsp3) is 0.955. The van der Waals surface area contributed by atoms with Crippen molar-refractivity contribution < 1.29 is 66.8 Å². The lowest BCUT2D eigenvalue weighted by atomic mass is 9.83. The fourth-order valence-corrected chi connectivity index (χ4v) is 5.02. The average Bonchev–Trinajstić information content (AvgIpc) is 2.93. The summed E-state index contributed by atoms with van der Waals surface area (Å²) in [6.45, 7) is -0.296. The van der Waals surface area contributed by atoms with Crippen LogP contribution in [0.15, 0.2) is 0 Å². The molecule has 0 aromatic rings. The number of amides is 1. The second-order valence-electron chi connectivity index (χ2n) is 10.6. The summed E-state index contributed by atoms with van der Waals surface area (Å²) in [6.07, 6.45) is -10.8. The molecule has 0 aromatic carbocycles. The van der Waals surface area contributed by atoms with Gasteiger partial charge < -0.3 is 78.5 Å². The molecule has 43 heavy (non-hydrogen) atoms. The van der Waals surface area contributed by atoms with E-state index in [2.05, 4.69) is 5.32 Å². The van der Waals surface area contributed by atoms with E-state index in [1.54, 1.807) is 0 Å². The molecule has 0 spiro atoms. The van der Waals surface area contributed by atoms with Crippen molar-refractivity contribution >= 4 is 16.3 Å². The van der Waals surface area contributed by atoms with Crippen LogP contribution < -0.4 is 34.0 Å². The second-order valence-corrected chi connectivity index (χ2v) is 11.5. The quantitative estimate of drug-likeness (QED) is 0.0976. The molecule has 2 saturated heterocycles. The lowest BCUT2D eigenvalue weighted by Crippen LogP contribution is -2.69. The van der Waals surface area contributed by atoms with Gasteiger partial charge in [0, 0.05) is 12.6 Å². The fourth-order valence-electron chi connectivity index (χ4n) is 5.02. The molecule has 0 unspecified atom stereocenters. The number of ether oxygens (including phenoxy) is 4. The lowest BCUT2D eigenvalue weighted by molar-refractivity contribution is -0.314. The summed E-state index contributed by atoms with van der Waals surface area (Å²) in [5.41, 5.74) is 29.6. The Morgan fingerprint density at radius 3 is 2.09 bits per heavy atom. The summed E-state index contributed by atoms with van der Waals surface area (Å²) in [5.74, 6) is -0.762. The SMILES string of the molecule is NCC[C@H](O)C(=O)N[C@@H]1C[C@H](N)[C@@H](O[C@H]2O[C@H](CN)CC[C@H]2N)[C@H](O)[C@H]1O[C@H]1O[C@H](CO)[C@@H](O)[C@H](N)[C@H]1O.O=S(=O)(O)O. The summed E-state index contributed by atoms with van der Waals surface area (Å²) in [4.78, 5) is 12.6. The molecule has 3 aliphatic rings. The molecule has 0 aromatic heterocycles. The van der Waals surface area contributed by atoms with E-state index in [9.17, 15) is 30.3 Å². The van der Waals surface area contributed by atoms with Gasteiger partial charge in [-0.1, -0.05) is 0 Å². The van der Waals surface area contributed by atoms with Crippen molar-refractivity contribution in [1.82, 2.24) is 5.32 Å². The largest absolute Gasteiger partial charge is 0.394 e. The van der Waals surface area contributed by atoms with Gasteiger partial charge in [-0.15, -0.1) is 0 Å². The van der Waals surface area contributed by atoms with Gasteiger partial charge in [0.25, 0.3) is 0 Å². The molecule has 1 amide bonds. The zero-order valence-corrected chi connectivity index (χ0v) is 24.1. The van der Waals surface area contributed by atoms with E-state index in [1.807, 2.05) is 0 Å². The van der Waals surface area contributed by atoms with Gasteiger partial charge in [0.15, 0.2) is 12.6 Å². The summed E-state index contributed by atoms with van der Waals surface area (Å²) in [7, 11) is -4.67. The molecule has 2 heterocycles. The number of hydrogen-bond acceptors (Lipinski definition) is 17. The lowest BCUT2D eigenvalue weighted by Gasteiger charge is -2.48. The van der Waals surface area contributed by atoms with E-state index < -0.39 is 102 Å². The number of hydrogen-bond donors (Lipinski definition) is 13. The van der Waals surface area contributed by atoms with Crippen LogP contribution in [-0.4, -0.2) is 154 Å². The Bertz CT molecular complexity index is 961. The smallest absolute Gasteiger partial charge is 0.394 e. The number of nitrogens with one attached hydrogen (secondary N) is 1. The van der Waals surface area contributed by atoms with Crippen LogP contribution in [0.5, 0.6) is 0 Å². The predicted octanol–water partition coefficient (Wildman–Crippen LogP) is -7.05. The second kappa shape index (κ2) is 16.9. The van der Waals surface area contributed by atoms with E-state index >= 15 is 0 Å². The van der Waals surface area contributed by atoms with E-state index in [4.69, 9.17) is 65.1 Å². The maximum atomic E-state index is 12.6. The van der Waals surface area contributed by atoms with E-state index in [-0.39, 0.29) is 32.0 Å². The third kappa shape index (κ3) is 11.0. The Morgan fingerprint density at radius 2 is 1.53 bits per heavy atom. The monoisotopic (exact) mass is 650 g/mol. The van der Waals surface area contributed by atoms with Crippen LogP contribution in [0.25, 0.3) is 0 Å². The number of nitrogens with two attached hydrogens (primary N) is 5. The Morgan fingerprint density at radius 1 is 0.930 bits per heavy atom. The summed E-state index contributed by atoms with van der Waals surface area (Å²) in [6, 6.07) is -3.54. The topological polar surface area (TPSA) is 372 Å². The number of aliphatic hydroxyl groups excluding tert-OH is 5. The minimum atomic E-state index is -4.67. The molecule has 1 aliphatic carbocycles. The summed E-state index contributed by atoms with van der Waals surface area (Å²) < 4.78 is 54.9. The van der Waals surface area contributed by atoms with Crippen molar-refractivity contribution in [3.8, 4) is 0 Å². The Kier molecular flexibility index (Phi) is 14.9. The molecule has 20 nitrogen and oxygen atoms in total. The number of rotatable bonds is 10. The van der Waals surface area contributed by atoms with Gasteiger partial charge in [0.1, 0.15) is 42.7 Å². The van der Waals surface area contributed by atoms with Crippen LogP contribution in [0.2, 0.25) is 0 Å². The van der Waals surface area contributed by atoms with Gasteiger partial charge in [-0.25, -0.2) is 0 Å². The number of aliphatic hydroxyl groups is 5. The molecule has 0 bridgehead atoms. The first-order valence-electron chi connectivity index (χ1n) is 13.6. The molecule has 21 heteroatoms. The maximum absolute atomic E-state index is 12.6. The Hall–Kier alpha value is -1.22. The molecular formula is C22H46N6O14S. The standard InChI is InChI=1S/C22H44N6O10.H2O4S/c23-4-3-12(30)20(34)28-11-5-10(26)18(37-21-9(25)2-1-8(6-24)35-21)17(33)19(11)38-22-16(32)14(27)15(31)13(7-29)36-22;1-5(2,3)4/h8-19,21-22,29-33H,1-7,23-27H2,(H,28,34);(H2,1,2,3,4)/t8-,9+,10-,11+,12-,13+,14-,15+,16+,17-,18+,19-,21+,22+;/m0./s1. The van der Waals surface area contributed by atoms with Crippen LogP contribution in [-0.2, 0) is 34.1 Å². The maximum Gasteiger partial charge on any atom is 0.394 e. The highest BCUT2D eigenvalue weighted by molar-refractivity contribution is 7.79. The normalized spacial score (nSPS) is 41.1. The minimum absolute atomic E-state index is 0.000983. The highest BCUT2D eigenvalue weighted by Gasteiger charge is 2.51. The van der Waals surface area contributed by atoms with Crippen LogP contribution in [0.4, 0.5) is 0 Å². The van der Waals surface area contributed by atoms with Gasteiger partial charge in [-0.2, -0.15) is 8.42 Å².